The number of methoxy groups -OCH3 is 1. The Kier molecular flexibility index (Phi) is 6.22. The fourth-order valence-corrected chi connectivity index (χ4v) is 0.580. The van der Waals surface area contributed by atoms with Crippen LogP contribution >= 0.6 is 9.69 Å². The fraction of sp³-hybridized carbons (Fsp3) is 0.143. The van der Waals surface area contributed by atoms with Gasteiger partial charge in [0.1, 0.15) is 0 Å². The van der Waals surface area contributed by atoms with Crippen LogP contribution in [0.25, 0.3) is 0 Å². The third-order valence-electron chi connectivity index (χ3n) is 1.03. The van der Waals surface area contributed by atoms with Crippen molar-refractivity contribution in [1.82, 2.24) is 0 Å². The molecule has 1 aromatic rings. The van der Waals surface area contributed by atoms with E-state index in [-0.39, 0.29) is 5.75 Å². The van der Waals surface area contributed by atoms with Crippen LogP contribution in [0.5, 0.6) is 5.75 Å². The molecule has 1 rings (SSSR count). The van der Waals surface area contributed by atoms with Gasteiger partial charge in [0, 0.05) is 17.4 Å². The zero-order valence-electron chi connectivity index (χ0n) is 6.40. The molecule has 0 saturated carbocycles. The monoisotopic (exact) mass is 242 g/mol. The molecule has 0 spiro atoms. The van der Waals surface area contributed by atoms with Crippen molar-refractivity contribution in [3.05, 3.63) is 29.8 Å². The second kappa shape index (κ2) is 6.32. The van der Waals surface area contributed by atoms with Crippen LogP contribution in [0.2, 0.25) is 0 Å². The summed E-state index contributed by atoms with van der Waals surface area (Å²) in [6.45, 7) is 0. The van der Waals surface area contributed by atoms with E-state index >= 15 is 0 Å². The van der Waals surface area contributed by atoms with Gasteiger partial charge in [-0.15, -0.1) is 12.1 Å². The van der Waals surface area contributed by atoms with E-state index in [1.807, 2.05) is 0 Å². The van der Waals surface area contributed by atoms with E-state index in [1.165, 1.54) is 7.11 Å². The average molecular weight is 244 g/mol. The molecule has 0 aliphatic heterocycles. The Morgan fingerprint density at radius 3 is 2.42 bits per heavy atom. The molecule has 0 bridgehead atoms. The minimum absolute atomic E-state index is 0.194. The molecule has 62 valence electrons. The van der Waals surface area contributed by atoms with Crippen molar-refractivity contribution in [2.75, 3.05) is 7.11 Å². The molecule has 1 aromatic carbocycles. The summed E-state index contributed by atoms with van der Waals surface area (Å²) in [5, 5.41) is 0. The first kappa shape index (κ1) is 11.8. The first-order valence-electron chi connectivity index (χ1n) is 2.92. The molecule has 0 atom stereocenters. The zero-order valence-corrected chi connectivity index (χ0v) is 10.1. The predicted octanol–water partition coefficient (Wildman–Crippen LogP) is 2.46. The van der Waals surface area contributed by atoms with Gasteiger partial charge in [0.15, 0.2) is 0 Å². The minimum atomic E-state index is -0.627. The molecule has 0 aliphatic rings. The van der Waals surface area contributed by atoms with Crippen LogP contribution in [0.1, 0.15) is 0 Å². The van der Waals surface area contributed by atoms with Crippen LogP contribution in [0, 0.1) is 17.7 Å². The molecular formula is C7H5ClF2OZn. The molecule has 0 unspecified atom stereocenters. The number of hydrogen-bond acceptors (Lipinski definition) is 1. The standard InChI is InChI=1S/C7H5F2O.ClH.Zn/c1-10-7-4-5(8)2-3-6(7)9;;/h2-3H,1H3;1H;/q-1;;+2/p-1. The maximum atomic E-state index is 12.4. The summed E-state index contributed by atoms with van der Waals surface area (Å²) >= 11 is 0.847. The second-order valence-electron chi connectivity index (χ2n) is 1.69. The van der Waals surface area contributed by atoms with Crippen molar-refractivity contribution in [3.63, 3.8) is 0 Å². The Balaban J connectivity index is 0.000000561. The van der Waals surface area contributed by atoms with Crippen LogP contribution in [-0.4, -0.2) is 7.11 Å². The van der Waals surface area contributed by atoms with Gasteiger partial charge in [-0.25, -0.2) is 4.39 Å². The zero-order chi connectivity index (χ0) is 9.56. The van der Waals surface area contributed by atoms with Gasteiger partial charge in [0.2, 0.25) is 0 Å². The van der Waals surface area contributed by atoms with Gasteiger partial charge >= 0.3 is 27.0 Å². The van der Waals surface area contributed by atoms with E-state index < -0.39 is 11.6 Å². The van der Waals surface area contributed by atoms with Crippen LogP contribution in [0.15, 0.2) is 12.1 Å². The van der Waals surface area contributed by atoms with E-state index in [2.05, 4.69) is 10.8 Å². The molecule has 0 N–H and O–H groups in total. The number of hydrogen-bond donors (Lipinski definition) is 0. The van der Waals surface area contributed by atoms with Gasteiger partial charge in [0.25, 0.3) is 0 Å². The van der Waals surface area contributed by atoms with Crippen molar-refractivity contribution in [3.8, 4) is 5.75 Å². The van der Waals surface area contributed by atoms with E-state index in [9.17, 15) is 8.78 Å². The Hall–Kier alpha value is -0.207. The molecule has 0 aromatic heterocycles. The molecule has 0 fully saturated rings. The van der Waals surface area contributed by atoms with Crippen LogP contribution < -0.4 is 4.74 Å². The molecular weight excluding hydrogens is 239 g/mol. The topological polar surface area (TPSA) is 9.23 Å². The first-order valence-corrected chi connectivity index (χ1v) is 6.82. The number of ether oxygens (including phenoxy) is 1. The number of rotatable bonds is 1. The van der Waals surface area contributed by atoms with E-state index in [4.69, 9.17) is 9.69 Å². The Morgan fingerprint density at radius 2 is 2.00 bits per heavy atom. The molecule has 5 heteroatoms. The Morgan fingerprint density at radius 1 is 1.42 bits per heavy atom. The average Bonchev–Trinajstić information content (AvgIpc) is 2.13. The van der Waals surface area contributed by atoms with Crippen LogP contribution in [-0.2, 0) is 17.3 Å². The molecule has 0 amide bonds. The van der Waals surface area contributed by atoms with Gasteiger partial charge < -0.3 is 4.74 Å². The first-order chi connectivity index (χ1) is 5.74. The van der Waals surface area contributed by atoms with Gasteiger partial charge in [-0.1, -0.05) is 6.07 Å². The van der Waals surface area contributed by atoms with Gasteiger partial charge in [-0.3, -0.25) is 4.39 Å². The van der Waals surface area contributed by atoms with E-state index in [0.717, 1.165) is 29.4 Å². The van der Waals surface area contributed by atoms with Crippen molar-refractivity contribution >= 4 is 9.69 Å². The Labute approximate surface area is 83.4 Å². The summed E-state index contributed by atoms with van der Waals surface area (Å²) in [7, 11) is 6.02. The summed E-state index contributed by atoms with van der Waals surface area (Å²) in [4.78, 5) is 0. The third kappa shape index (κ3) is 3.46. The molecule has 0 radical (unpaired) electrons. The van der Waals surface area contributed by atoms with Gasteiger partial charge in [0.05, 0.1) is 7.11 Å². The van der Waals surface area contributed by atoms with E-state index in [0.29, 0.717) is 0 Å². The fourth-order valence-electron chi connectivity index (χ4n) is 0.580. The van der Waals surface area contributed by atoms with Crippen molar-refractivity contribution in [1.29, 1.82) is 0 Å². The molecule has 1 nitrogen and oxygen atoms in total. The van der Waals surface area contributed by atoms with Crippen LogP contribution in [0.3, 0.4) is 0 Å². The third-order valence-corrected chi connectivity index (χ3v) is 1.03. The van der Waals surface area contributed by atoms with Crippen molar-refractivity contribution < 1.29 is 30.8 Å². The number of benzene rings is 1. The summed E-state index contributed by atoms with van der Waals surface area (Å²) < 4.78 is 29.1. The van der Waals surface area contributed by atoms with Crippen LogP contribution in [0.4, 0.5) is 8.78 Å². The van der Waals surface area contributed by atoms with E-state index in [1.54, 1.807) is 0 Å². The van der Waals surface area contributed by atoms with Crippen molar-refractivity contribution in [2.45, 2.75) is 0 Å². The number of halogens is 3. The molecule has 0 aliphatic carbocycles. The summed E-state index contributed by atoms with van der Waals surface area (Å²) in [5.74, 6) is -1.43. The SMILES string of the molecule is COc1[c-]c(F)ccc1F.[Cl][Zn+]. The quantitative estimate of drug-likeness (QED) is 0.544. The maximum absolute atomic E-state index is 12.4. The Bertz CT molecular complexity index is 245. The molecule has 0 saturated heterocycles. The van der Waals surface area contributed by atoms with Crippen molar-refractivity contribution in [2.24, 2.45) is 0 Å². The predicted molar refractivity (Wildman–Crippen MR) is 37.6 cm³/mol. The summed E-state index contributed by atoms with van der Waals surface area (Å²) in [6, 6.07) is 4.04. The second-order valence-corrected chi connectivity index (χ2v) is 1.69. The normalized spacial score (nSPS) is 8.50. The molecule has 12 heavy (non-hydrogen) atoms. The molecule has 0 heterocycles. The van der Waals surface area contributed by atoms with Gasteiger partial charge in [-0.05, 0) is 0 Å². The summed E-state index contributed by atoms with van der Waals surface area (Å²) in [6.07, 6.45) is 0. The summed E-state index contributed by atoms with van der Waals surface area (Å²) in [5.41, 5.74) is 0. The van der Waals surface area contributed by atoms with Gasteiger partial charge in [-0.2, -0.15) is 0 Å².